The first-order chi connectivity index (χ1) is 8.85. The first-order valence-corrected chi connectivity index (χ1v) is 6.17. The van der Waals surface area contributed by atoms with Crippen molar-refractivity contribution < 1.29 is 4.74 Å². The summed E-state index contributed by atoms with van der Waals surface area (Å²) >= 11 is 0. The fraction of sp³-hybridized carbons (Fsp3) is 0.357. The summed E-state index contributed by atoms with van der Waals surface area (Å²) in [7, 11) is 1.70. The minimum absolute atomic E-state index is 0.763. The lowest BCUT2D eigenvalue weighted by Crippen LogP contribution is -2.16. The van der Waals surface area contributed by atoms with Crippen LogP contribution in [0.2, 0.25) is 0 Å². The van der Waals surface area contributed by atoms with Gasteiger partial charge in [-0.05, 0) is 13.0 Å². The van der Waals surface area contributed by atoms with Crippen molar-refractivity contribution in [3.63, 3.8) is 0 Å². The lowest BCUT2D eigenvalue weighted by atomic mass is 10.2. The minimum atomic E-state index is 0.763. The molecule has 1 aromatic heterocycles. The van der Waals surface area contributed by atoms with Gasteiger partial charge in [0.05, 0.1) is 13.7 Å². The molecule has 0 unspecified atom stereocenters. The second kappa shape index (κ2) is 6.21. The first kappa shape index (κ1) is 12.6. The molecule has 4 nitrogen and oxygen atoms in total. The van der Waals surface area contributed by atoms with Crippen LogP contribution in [0.15, 0.2) is 36.7 Å². The number of nitrogens with zero attached hydrogens (tertiary/aromatic N) is 2. The van der Waals surface area contributed by atoms with Crippen LogP contribution in [0.4, 0.5) is 0 Å². The van der Waals surface area contributed by atoms with E-state index in [1.165, 1.54) is 0 Å². The van der Waals surface area contributed by atoms with E-state index >= 15 is 0 Å². The summed E-state index contributed by atoms with van der Waals surface area (Å²) in [6.07, 6.45) is 3.84. The fourth-order valence-corrected chi connectivity index (χ4v) is 1.95. The van der Waals surface area contributed by atoms with Crippen molar-refractivity contribution in [1.82, 2.24) is 14.9 Å². The van der Waals surface area contributed by atoms with E-state index in [1.54, 1.807) is 7.11 Å². The highest BCUT2D eigenvalue weighted by atomic mass is 16.5. The highest BCUT2D eigenvalue weighted by Gasteiger charge is 2.03. The van der Waals surface area contributed by atoms with Crippen LogP contribution < -0.4 is 10.1 Å². The number of imidazole rings is 1. The van der Waals surface area contributed by atoms with E-state index in [9.17, 15) is 0 Å². The van der Waals surface area contributed by atoms with Gasteiger partial charge in [0.15, 0.2) is 0 Å². The third-order valence-electron chi connectivity index (χ3n) is 2.93. The van der Waals surface area contributed by atoms with Gasteiger partial charge in [0.1, 0.15) is 11.6 Å². The third-order valence-corrected chi connectivity index (χ3v) is 2.93. The average Bonchev–Trinajstić information content (AvgIpc) is 2.87. The predicted octanol–water partition coefficient (Wildman–Crippen LogP) is 2.20. The smallest absolute Gasteiger partial charge is 0.123 e. The molecule has 0 fully saturated rings. The Kier molecular flexibility index (Phi) is 4.36. The Balaban J connectivity index is 1.92. The summed E-state index contributed by atoms with van der Waals surface area (Å²) in [6.45, 7) is 4.61. The van der Waals surface area contributed by atoms with Gasteiger partial charge in [-0.2, -0.15) is 0 Å². The molecule has 0 atom stereocenters. The summed E-state index contributed by atoms with van der Waals surface area (Å²) in [6, 6.07) is 8.04. The molecule has 18 heavy (non-hydrogen) atoms. The number of nitrogens with one attached hydrogen (secondary N) is 1. The van der Waals surface area contributed by atoms with E-state index in [2.05, 4.69) is 27.9 Å². The van der Waals surface area contributed by atoms with Gasteiger partial charge in [0.2, 0.25) is 0 Å². The second-order valence-electron chi connectivity index (χ2n) is 4.04. The van der Waals surface area contributed by atoms with Gasteiger partial charge in [0.25, 0.3) is 0 Å². The quantitative estimate of drug-likeness (QED) is 0.848. The van der Waals surface area contributed by atoms with Gasteiger partial charge in [-0.3, -0.25) is 0 Å². The average molecular weight is 245 g/mol. The molecule has 0 aliphatic heterocycles. The van der Waals surface area contributed by atoms with Crippen molar-refractivity contribution in [2.45, 2.75) is 26.6 Å². The molecule has 0 radical (unpaired) electrons. The van der Waals surface area contributed by atoms with Crippen LogP contribution in [-0.4, -0.2) is 16.7 Å². The Morgan fingerprint density at radius 3 is 2.89 bits per heavy atom. The van der Waals surface area contributed by atoms with Crippen LogP contribution in [-0.2, 0) is 19.6 Å². The molecule has 0 aliphatic rings. The Bertz CT molecular complexity index is 493. The van der Waals surface area contributed by atoms with Crippen molar-refractivity contribution in [3.05, 3.63) is 48.0 Å². The monoisotopic (exact) mass is 245 g/mol. The Hall–Kier alpha value is -1.81. The maximum atomic E-state index is 5.32. The van der Waals surface area contributed by atoms with Gasteiger partial charge in [0, 0.05) is 31.0 Å². The zero-order chi connectivity index (χ0) is 12.8. The Labute approximate surface area is 108 Å². The van der Waals surface area contributed by atoms with Gasteiger partial charge < -0.3 is 14.6 Å². The molecule has 0 bridgehead atoms. The lowest BCUT2D eigenvalue weighted by Gasteiger charge is -2.10. The number of methoxy groups -OCH3 is 1. The SMILES string of the molecule is CCn1ccnc1CNCc1ccccc1OC. The number of benzene rings is 1. The molecule has 2 aromatic rings. The van der Waals surface area contributed by atoms with E-state index in [1.807, 2.05) is 30.6 Å². The van der Waals surface area contributed by atoms with E-state index in [0.29, 0.717) is 0 Å². The zero-order valence-electron chi connectivity index (χ0n) is 10.9. The Morgan fingerprint density at radius 1 is 1.28 bits per heavy atom. The maximum absolute atomic E-state index is 5.32. The number of hydrogen-bond acceptors (Lipinski definition) is 3. The fourth-order valence-electron chi connectivity index (χ4n) is 1.95. The molecule has 1 heterocycles. The van der Waals surface area contributed by atoms with Crippen LogP contribution in [0.5, 0.6) is 5.75 Å². The van der Waals surface area contributed by atoms with E-state index in [-0.39, 0.29) is 0 Å². The van der Waals surface area contributed by atoms with E-state index < -0.39 is 0 Å². The summed E-state index contributed by atoms with van der Waals surface area (Å²) in [5.41, 5.74) is 1.16. The molecule has 0 spiro atoms. The van der Waals surface area contributed by atoms with Gasteiger partial charge in [-0.15, -0.1) is 0 Å². The lowest BCUT2D eigenvalue weighted by molar-refractivity contribution is 0.407. The highest BCUT2D eigenvalue weighted by molar-refractivity contribution is 5.32. The number of hydrogen-bond donors (Lipinski definition) is 1. The third kappa shape index (κ3) is 2.90. The number of aromatic nitrogens is 2. The number of aryl methyl sites for hydroxylation is 1. The van der Waals surface area contributed by atoms with Crippen LogP contribution in [0.1, 0.15) is 18.3 Å². The van der Waals surface area contributed by atoms with Crippen molar-refractivity contribution in [2.75, 3.05) is 7.11 Å². The van der Waals surface area contributed by atoms with E-state index in [0.717, 1.165) is 36.8 Å². The van der Waals surface area contributed by atoms with Crippen LogP contribution in [0, 0.1) is 0 Å². The van der Waals surface area contributed by atoms with Crippen LogP contribution >= 0.6 is 0 Å². The molecule has 1 N–H and O–H groups in total. The molecule has 1 aromatic carbocycles. The largest absolute Gasteiger partial charge is 0.496 e. The predicted molar refractivity (Wildman–Crippen MR) is 71.4 cm³/mol. The van der Waals surface area contributed by atoms with Gasteiger partial charge >= 0.3 is 0 Å². The topological polar surface area (TPSA) is 39.1 Å². The van der Waals surface area contributed by atoms with Crippen LogP contribution in [0.25, 0.3) is 0 Å². The summed E-state index contributed by atoms with van der Waals surface area (Å²) in [5.74, 6) is 1.98. The molecular formula is C14H19N3O. The van der Waals surface area contributed by atoms with Crippen molar-refractivity contribution in [2.24, 2.45) is 0 Å². The zero-order valence-corrected chi connectivity index (χ0v) is 10.9. The molecule has 0 amide bonds. The van der Waals surface area contributed by atoms with Crippen molar-refractivity contribution in [3.8, 4) is 5.75 Å². The standard InChI is InChI=1S/C14H19N3O/c1-3-17-9-8-16-14(17)11-15-10-12-6-4-5-7-13(12)18-2/h4-9,15H,3,10-11H2,1-2H3. The highest BCUT2D eigenvalue weighted by Crippen LogP contribution is 2.16. The molecule has 96 valence electrons. The minimum Gasteiger partial charge on any atom is -0.496 e. The summed E-state index contributed by atoms with van der Waals surface area (Å²) in [5, 5.41) is 3.39. The molecule has 0 saturated heterocycles. The maximum Gasteiger partial charge on any atom is 0.123 e. The summed E-state index contributed by atoms with van der Waals surface area (Å²) < 4.78 is 7.45. The molecule has 0 saturated carbocycles. The molecular weight excluding hydrogens is 226 g/mol. The number of rotatable bonds is 6. The molecule has 0 aliphatic carbocycles. The number of para-hydroxylation sites is 1. The molecule has 4 heteroatoms. The van der Waals surface area contributed by atoms with Gasteiger partial charge in [-0.1, -0.05) is 18.2 Å². The van der Waals surface area contributed by atoms with Gasteiger partial charge in [-0.25, -0.2) is 4.98 Å². The first-order valence-electron chi connectivity index (χ1n) is 6.17. The number of ether oxygens (including phenoxy) is 1. The van der Waals surface area contributed by atoms with Crippen molar-refractivity contribution >= 4 is 0 Å². The second-order valence-corrected chi connectivity index (χ2v) is 4.04. The Morgan fingerprint density at radius 2 is 2.11 bits per heavy atom. The molecule has 2 rings (SSSR count). The van der Waals surface area contributed by atoms with Crippen molar-refractivity contribution in [1.29, 1.82) is 0 Å². The van der Waals surface area contributed by atoms with Crippen LogP contribution in [0.3, 0.4) is 0 Å². The normalized spacial score (nSPS) is 10.6. The summed E-state index contributed by atoms with van der Waals surface area (Å²) in [4.78, 5) is 4.33. The van der Waals surface area contributed by atoms with E-state index in [4.69, 9.17) is 4.74 Å².